The molecule has 3 nitrogen and oxygen atoms in total. The van der Waals surface area contributed by atoms with Crippen LogP contribution in [0, 0.1) is 6.92 Å². The van der Waals surface area contributed by atoms with Gasteiger partial charge >= 0.3 is 0 Å². The number of nitrogens with zero attached hydrogens (tertiary/aromatic N) is 2. The maximum absolute atomic E-state index is 12.6. The summed E-state index contributed by atoms with van der Waals surface area (Å²) in [5.41, 5.74) is 3.18. The zero-order valence-electron chi connectivity index (χ0n) is 13.6. The van der Waals surface area contributed by atoms with E-state index in [9.17, 15) is 4.79 Å². The number of piperazine rings is 1. The molecule has 1 aliphatic heterocycles. The van der Waals surface area contributed by atoms with Gasteiger partial charge in [0, 0.05) is 38.3 Å². The average molecular weight is 363 g/mol. The monoisotopic (exact) mass is 362 g/mol. The molecule has 0 aliphatic carbocycles. The maximum atomic E-state index is 12.6. The Hall–Kier alpha value is -1.55. The van der Waals surface area contributed by atoms with Gasteiger partial charge in [0.2, 0.25) is 0 Å². The Balaban J connectivity index is 1.57. The van der Waals surface area contributed by atoms with E-state index >= 15 is 0 Å². The van der Waals surface area contributed by atoms with Crippen molar-refractivity contribution in [2.45, 2.75) is 13.5 Å². The van der Waals surface area contributed by atoms with Crippen LogP contribution in [0.4, 0.5) is 0 Å². The zero-order chi connectivity index (χ0) is 17.1. The number of rotatable bonds is 3. The van der Waals surface area contributed by atoms with Crippen LogP contribution >= 0.6 is 23.2 Å². The lowest BCUT2D eigenvalue weighted by molar-refractivity contribution is 0.0628. The molecule has 24 heavy (non-hydrogen) atoms. The van der Waals surface area contributed by atoms with Gasteiger partial charge in [0.25, 0.3) is 5.91 Å². The summed E-state index contributed by atoms with van der Waals surface area (Å²) < 4.78 is 0. The van der Waals surface area contributed by atoms with Gasteiger partial charge in [-0.3, -0.25) is 9.69 Å². The fourth-order valence-electron chi connectivity index (χ4n) is 2.87. The Labute approximate surface area is 152 Å². The summed E-state index contributed by atoms with van der Waals surface area (Å²) in [6, 6.07) is 13.7. The second-order valence-electron chi connectivity index (χ2n) is 6.18. The van der Waals surface area contributed by atoms with E-state index in [1.807, 2.05) is 4.90 Å². The van der Waals surface area contributed by atoms with Crippen LogP contribution in [-0.4, -0.2) is 41.9 Å². The van der Waals surface area contributed by atoms with Gasteiger partial charge in [-0.25, -0.2) is 0 Å². The van der Waals surface area contributed by atoms with Crippen LogP contribution in [0.25, 0.3) is 0 Å². The first kappa shape index (κ1) is 17.3. The first-order chi connectivity index (χ1) is 11.5. The van der Waals surface area contributed by atoms with E-state index in [-0.39, 0.29) is 5.91 Å². The van der Waals surface area contributed by atoms with Crippen molar-refractivity contribution in [2.75, 3.05) is 26.2 Å². The van der Waals surface area contributed by atoms with Crippen LogP contribution in [0.1, 0.15) is 21.5 Å². The van der Waals surface area contributed by atoms with Crippen LogP contribution in [0.2, 0.25) is 10.0 Å². The molecule has 0 atom stereocenters. The van der Waals surface area contributed by atoms with E-state index in [1.54, 1.807) is 18.2 Å². The normalized spacial score (nSPS) is 15.5. The fourth-order valence-corrected chi connectivity index (χ4v) is 3.17. The van der Waals surface area contributed by atoms with Crippen molar-refractivity contribution in [3.8, 4) is 0 Å². The third-order valence-corrected chi connectivity index (χ3v) is 5.09. The molecular weight excluding hydrogens is 343 g/mol. The predicted octanol–water partition coefficient (Wildman–Crippen LogP) is 4.26. The number of carbonyl (C=O) groups excluding carboxylic acids is 1. The van der Waals surface area contributed by atoms with Crippen molar-refractivity contribution in [1.29, 1.82) is 0 Å². The van der Waals surface area contributed by atoms with Crippen molar-refractivity contribution >= 4 is 29.1 Å². The lowest BCUT2D eigenvalue weighted by Crippen LogP contribution is -2.48. The van der Waals surface area contributed by atoms with Crippen molar-refractivity contribution in [1.82, 2.24) is 9.80 Å². The van der Waals surface area contributed by atoms with Gasteiger partial charge in [0.1, 0.15) is 0 Å². The van der Waals surface area contributed by atoms with Gasteiger partial charge in [0.15, 0.2) is 0 Å². The molecule has 0 radical (unpaired) electrons. The van der Waals surface area contributed by atoms with Crippen molar-refractivity contribution in [2.24, 2.45) is 0 Å². The molecule has 0 spiro atoms. The molecule has 1 aliphatic rings. The Morgan fingerprint density at radius 2 is 1.62 bits per heavy atom. The van der Waals surface area contributed by atoms with Crippen LogP contribution in [-0.2, 0) is 6.54 Å². The second kappa shape index (κ2) is 7.56. The highest BCUT2D eigenvalue weighted by Gasteiger charge is 2.22. The Morgan fingerprint density at radius 1 is 0.958 bits per heavy atom. The molecule has 1 heterocycles. The van der Waals surface area contributed by atoms with Crippen LogP contribution in [0.5, 0.6) is 0 Å². The highest BCUT2D eigenvalue weighted by molar-refractivity contribution is 6.42. The summed E-state index contributed by atoms with van der Waals surface area (Å²) >= 11 is 11.9. The summed E-state index contributed by atoms with van der Waals surface area (Å²) in [7, 11) is 0. The summed E-state index contributed by atoms with van der Waals surface area (Å²) in [6.07, 6.45) is 0. The van der Waals surface area contributed by atoms with Crippen LogP contribution in [0.3, 0.4) is 0 Å². The molecule has 2 aromatic carbocycles. The summed E-state index contributed by atoms with van der Waals surface area (Å²) in [5.74, 6) is 0.0172. The standard InChI is InChI=1S/C19H20Cl2N2O/c1-14-2-4-15(5-3-14)13-22-8-10-23(11-9-22)19(24)16-6-7-17(20)18(21)12-16/h2-7,12H,8-11,13H2,1H3. The first-order valence-corrected chi connectivity index (χ1v) is 8.81. The van der Waals surface area contributed by atoms with E-state index in [4.69, 9.17) is 23.2 Å². The number of amides is 1. The van der Waals surface area contributed by atoms with E-state index < -0.39 is 0 Å². The molecular formula is C19H20Cl2N2O. The minimum Gasteiger partial charge on any atom is -0.336 e. The highest BCUT2D eigenvalue weighted by atomic mass is 35.5. The molecule has 0 bridgehead atoms. The molecule has 126 valence electrons. The van der Waals surface area contributed by atoms with E-state index in [0.717, 1.165) is 32.7 Å². The van der Waals surface area contributed by atoms with Crippen LogP contribution in [0.15, 0.2) is 42.5 Å². The second-order valence-corrected chi connectivity index (χ2v) is 7.00. The van der Waals surface area contributed by atoms with E-state index in [0.29, 0.717) is 15.6 Å². The molecule has 3 rings (SSSR count). The number of hydrogen-bond donors (Lipinski definition) is 0. The smallest absolute Gasteiger partial charge is 0.253 e. The minimum absolute atomic E-state index is 0.0172. The minimum atomic E-state index is 0.0172. The summed E-state index contributed by atoms with van der Waals surface area (Å²) in [5, 5.41) is 0.886. The van der Waals surface area contributed by atoms with Crippen molar-refractivity contribution in [3.05, 3.63) is 69.2 Å². The third kappa shape index (κ3) is 4.10. The molecule has 0 aromatic heterocycles. The van der Waals surface area contributed by atoms with E-state index in [2.05, 4.69) is 36.1 Å². The molecule has 5 heteroatoms. The van der Waals surface area contributed by atoms with Crippen LogP contribution < -0.4 is 0 Å². The predicted molar refractivity (Wildman–Crippen MR) is 98.8 cm³/mol. The van der Waals surface area contributed by atoms with Gasteiger partial charge in [-0.05, 0) is 30.7 Å². The quantitative estimate of drug-likeness (QED) is 0.814. The topological polar surface area (TPSA) is 23.6 Å². The van der Waals surface area contributed by atoms with Crippen molar-refractivity contribution in [3.63, 3.8) is 0 Å². The number of benzene rings is 2. The lowest BCUT2D eigenvalue weighted by atomic mass is 10.1. The lowest BCUT2D eigenvalue weighted by Gasteiger charge is -2.34. The zero-order valence-corrected chi connectivity index (χ0v) is 15.1. The maximum Gasteiger partial charge on any atom is 0.253 e. The summed E-state index contributed by atoms with van der Waals surface area (Å²) in [4.78, 5) is 16.8. The molecule has 0 saturated carbocycles. The molecule has 1 amide bonds. The molecule has 2 aromatic rings. The highest BCUT2D eigenvalue weighted by Crippen LogP contribution is 2.23. The third-order valence-electron chi connectivity index (χ3n) is 4.35. The molecule has 1 fully saturated rings. The molecule has 1 saturated heterocycles. The molecule has 0 N–H and O–H groups in total. The van der Waals surface area contributed by atoms with Gasteiger partial charge in [0.05, 0.1) is 10.0 Å². The largest absolute Gasteiger partial charge is 0.336 e. The van der Waals surface area contributed by atoms with Gasteiger partial charge in [-0.2, -0.15) is 0 Å². The number of aryl methyl sites for hydroxylation is 1. The van der Waals surface area contributed by atoms with Crippen molar-refractivity contribution < 1.29 is 4.79 Å². The fraction of sp³-hybridized carbons (Fsp3) is 0.316. The first-order valence-electron chi connectivity index (χ1n) is 8.05. The average Bonchev–Trinajstić information content (AvgIpc) is 2.59. The summed E-state index contributed by atoms with van der Waals surface area (Å²) in [6.45, 7) is 6.23. The number of halogens is 2. The Bertz CT molecular complexity index is 723. The number of hydrogen-bond acceptors (Lipinski definition) is 2. The SMILES string of the molecule is Cc1ccc(CN2CCN(C(=O)c3ccc(Cl)c(Cl)c3)CC2)cc1. The van der Waals surface area contributed by atoms with Gasteiger partial charge < -0.3 is 4.90 Å². The van der Waals surface area contributed by atoms with Gasteiger partial charge in [-0.15, -0.1) is 0 Å². The van der Waals surface area contributed by atoms with E-state index in [1.165, 1.54) is 11.1 Å². The molecule has 0 unspecified atom stereocenters. The Kier molecular flexibility index (Phi) is 5.44. The Morgan fingerprint density at radius 3 is 2.25 bits per heavy atom. The van der Waals surface area contributed by atoms with Gasteiger partial charge in [-0.1, -0.05) is 53.0 Å². The number of carbonyl (C=O) groups is 1.